The van der Waals surface area contributed by atoms with Gasteiger partial charge in [-0.05, 0) is 52.9 Å². The van der Waals surface area contributed by atoms with Gasteiger partial charge < -0.3 is 10.1 Å². The Bertz CT molecular complexity index is 444. The molecule has 4 heteroatoms. The topological polar surface area (TPSA) is 21.3 Å². The average molecular weight is 344 g/mol. The zero-order valence-electron chi connectivity index (χ0n) is 12.2. The van der Waals surface area contributed by atoms with Gasteiger partial charge in [0.25, 0.3) is 0 Å². The van der Waals surface area contributed by atoms with Crippen molar-refractivity contribution in [3.8, 4) is 0 Å². The lowest BCUT2D eigenvalue weighted by atomic mass is 9.80. The highest BCUT2D eigenvalue weighted by Gasteiger charge is 2.35. The Kier molecular flexibility index (Phi) is 5.58. The molecule has 1 aliphatic rings. The molecule has 1 unspecified atom stereocenters. The highest BCUT2D eigenvalue weighted by atomic mass is 79.9. The summed E-state index contributed by atoms with van der Waals surface area (Å²) < 4.78 is 19.8. The standard InChI is InChI=1S/C16H23BrFNO/c1-12(2)9-19-10-16(6-7-20-11-16)8-13-4-3-5-14(18)15(13)17/h3-5,12,19H,6-11H2,1-2H3. The summed E-state index contributed by atoms with van der Waals surface area (Å²) >= 11 is 3.37. The molecule has 1 aromatic rings. The maximum Gasteiger partial charge on any atom is 0.137 e. The van der Waals surface area contributed by atoms with E-state index in [1.54, 1.807) is 6.07 Å². The normalized spacial score (nSPS) is 22.6. The molecule has 1 N–H and O–H groups in total. The van der Waals surface area contributed by atoms with Crippen LogP contribution in [0, 0.1) is 17.2 Å². The van der Waals surface area contributed by atoms with Crippen LogP contribution in [0.2, 0.25) is 0 Å². The highest BCUT2D eigenvalue weighted by molar-refractivity contribution is 9.10. The monoisotopic (exact) mass is 343 g/mol. The summed E-state index contributed by atoms with van der Waals surface area (Å²) in [5.41, 5.74) is 1.12. The van der Waals surface area contributed by atoms with Crippen molar-refractivity contribution in [2.45, 2.75) is 26.7 Å². The third kappa shape index (κ3) is 4.03. The van der Waals surface area contributed by atoms with E-state index in [1.807, 2.05) is 6.07 Å². The quantitative estimate of drug-likeness (QED) is 0.848. The van der Waals surface area contributed by atoms with E-state index in [2.05, 4.69) is 35.1 Å². The number of benzene rings is 1. The maximum atomic E-state index is 13.6. The highest BCUT2D eigenvalue weighted by Crippen LogP contribution is 2.35. The van der Waals surface area contributed by atoms with Crippen LogP contribution >= 0.6 is 15.9 Å². The minimum Gasteiger partial charge on any atom is -0.381 e. The van der Waals surface area contributed by atoms with Crippen LogP contribution in [0.5, 0.6) is 0 Å². The Morgan fingerprint density at radius 2 is 2.25 bits per heavy atom. The summed E-state index contributed by atoms with van der Waals surface area (Å²) in [4.78, 5) is 0. The van der Waals surface area contributed by atoms with Crippen LogP contribution in [0.4, 0.5) is 4.39 Å². The summed E-state index contributed by atoms with van der Waals surface area (Å²) in [6.45, 7) is 7.89. The molecule has 0 aromatic heterocycles. The molecule has 112 valence electrons. The van der Waals surface area contributed by atoms with Gasteiger partial charge in [0.15, 0.2) is 0 Å². The molecule has 1 heterocycles. The van der Waals surface area contributed by atoms with Gasteiger partial charge in [-0.3, -0.25) is 0 Å². The molecule has 0 radical (unpaired) electrons. The molecule has 1 fully saturated rings. The summed E-state index contributed by atoms with van der Waals surface area (Å²) in [5.74, 6) is 0.446. The van der Waals surface area contributed by atoms with Crippen LogP contribution in [0.3, 0.4) is 0 Å². The fraction of sp³-hybridized carbons (Fsp3) is 0.625. The number of hydrogen-bond donors (Lipinski definition) is 1. The number of hydrogen-bond acceptors (Lipinski definition) is 2. The lowest BCUT2D eigenvalue weighted by Gasteiger charge is -2.29. The van der Waals surface area contributed by atoms with Crippen molar-refractivity contribution in [1.29, 1.82) is 0 Å². The molecule has 0 bridgehead atoms. The molecule has 0 aliphatic carbocycles. The number of ether oxygens (including phenoxy) is 1. The van der Waals surface area contributed by atoms with Gasteiger partial charge in [0.2, 0.25) is 0 Å². The number of nitrogens with one attached hydrogen (secondary N) is 1. The second-order valence-corrected chi connectivity index (χ2v) is 7.01. The Morgan fingerprint density at radius 1 is 1.45 bits per heavy atom. The van der Waals surface area contributed by atoms with E-state index in [0.717, 1.165) is 44.7 Å². The molecule has 2 rings (SSSR count). The van der Waals surface area contributed by atoms with Gasteiger partial charge in [0.05, 0.1) is 11.1 Å². The van der Waals surface area contributed by atoms with Crippen molar-refractivity contribution in [3.63, 3.8) is 0 Å². The molecule has 0 spiro atoms. The third-order valence-electron chi connectivity index (χ3n) is 3.83. The molecule has 0 saturated carbocycles. The van der Waals surface area contributed by atoms with Gasteiger partial charge in [-0.1, -0.05) is 26.0 Å². The zero-order chi connectivity index (χ0) is 14.6. The van der Waals surface area contributed by atoms with Crippen LogP contribution in [0.25, 0.3) is 0 Å². The SMILES string of the molecule is CC(C)CNCC1(Cc2cccc(F)c2Br)CCOC1. The Hall–Kier alpha value is -0.450. The molecule has 2 nitrogen and oxygen atoms in total. The molecule has 20 heavy (non-hydrogen) atoms. The first kappa shape index (κ1) is 15.9. The molecule has 0 amide bonds. The minimum atomic E-state index is -0.188. The van der Waals surface area contributed by atoms with E-state index >= 15 is 0 Å². The Labute approximate surface area is 129 Å². The zero-order valence-corrected chi connectivity index (χ0v) is 13.8. The van der Waals surface area contributed by atoms with Gasteiger partial charge >= 0.3 is 0 Å². The van der Waals surface area contributed by atoms with Crippen LogP contribution in [0.15, 0.2) is 22.7 Å². The summed E-state index contributed by atoms with van der Waals surface area (Å²) in [6.07, 6.45) is 1.87. The van der Waals surface area contributed by atoms with Gasteiger partial charge in [0, 0.05) is 18.6 Å². The van der Waals surface area contributed by atoms with Crippen molar-refractivity contribution in [2.24, 2.45) is 11.3 Å². The maximum absolute atomic E-state index is 13.6. The third-order valence-corrected chi connectivity index (χ3v) is 4.72. The smallest absolute Gasteiger partial charge is 0.137 e. The van der Waals surface area contributed by atoms with E-state index < -0.39 is 0 Å². The predicted molar refractivity (Wildman–Crippen MR) is 83.4 cm³/mol. The first-order valence-electron chi connectivity index (χ1n) is 7.24. The second-order valence-electron chi connectivity index (χ2n) is 6.22. The lowest BCUT2D eigenvalue weighted by Crippen LogP contribution is -2.38. The fourth-order valence-electron chi connectivity index (χ4n) is 2.71. The van der Waals surface area contributed by atoms with E-state index in [0.29, 0.717) is 10.4 Å². The molecular formula is C16H23BrFNO. The van der Waals surface area contributed by atoms with Gasteiger partial charge in [-0.15, -0.1) is 0 Å². The molecule has 1 aromatic carbocycles. The van der Waals surface area contributed by atoms with Crippen molar-refractivity contribution >= 4 is 15.9 Å². The summed E-state index contributed by atoms with van der Waals surface area (Å²) in [7, 11) is 0. The summed E-state index contributed by atoms with van der Waals surface area (Å²) in [5, 5.41) is 3.53. The minimum absolute atomic E-state index is 0.0885. The van der Waals surface area contributed by atoms with Crippen LogP contribution in [-0.4, -0.2) is 26.3 Å². The average Bonchev–Trinajstić information content (AvgIpc) is 2.83. The lowest BCUT2D eigenvalue weighted by molar-refractivity contribution is 0.148. The van der Waals surface area contributed by atoms with E-state index in [-0.39, 0.29) is 11.2 Å². The largest absolute Gasteiger partial charge is 0.381 e. The predicted octanol–water partition coefficient (Wildman–Crippen LogP) is 3.78. The Balaban J connectivity index is 2.07. The first-order valence-corrected chi connectivity index (χ1v) is 8.03. The van der Waals surface area contributed by atoms with E-state index in [4.69, 9.17) is 4.74 Å². The van der Waals surface area contributed by atoms with E-state index in [1.165, 1.54) is 6.07 Å². The number of halogens is 2. The van der Waals surface area contributed by atoms with Crippen LogP contribution in [-0.2, 0) is 11.2 Å². The van der Waals surface area contributed by atoms with Gasteiger partial charge in [0.1, 0.15) is 5.82 Å². The first-order chi connectivity index (χ1) is 9.52. The summed E-state index contributed by atoms with van der Waals surface area (Å²) in [6, 6.07) is 5.26. The molecule has 1 atom stereocenters. The molecule has 1 aliphatic heterocycles. The van der Waals surface area contributed by atoms with Crippen molar-refractivity contribution in [1.82, 2.24) is 5.32 Å². The second kappa shape index (κ2) is 7.01. The van der Waals surface area contributed by atoms with Crippen LogP contribution in [0.1, 0.15) is 25.8 Å². The number of rotatable bonds is 6. The molecular weight excluding hydrogens is 321 g/mol. The van der Waals surface area contributed by atoms with E-state index in [9.17, 15) is 4.39 Å². The molecule has 1 saturated heterocycles. The van der Waals surface area contributed by atoms with Gasteiger partial charge in [-0.2, -0.15) is 0 Å². The van der Waals surface area contributed by atoms with Gasteiger partial charge in [-0.25, -0.2) is 4.39 Å². The van der Waals surface area contributed by atoms with Crippen LogP contribution < -0.4 is 5.32 Å². The van der Waals surface area contributed by atoms with Crippen molar-refractivity contribution in [3.05, 3.63) is 34.1 Å². The fourth-order valence-corrected chi connectivity index (χ4v) is 3.11. The van der Waals surface area contributed by atoms with Crippen molar-refractivity contribution < 1.29 is 9.13 Å². The Morgan fingerprint density at radius 3 is 2.90 bits per heavy atom. The van der Waals surface area contributed by atoms with Crippen molar-refractivity contribution in [2.75, 3.05) is 26.3 Å².